The highest BCUT2D eigenvalue weighted by molar-refractivity contribution is 5.89. The van der Waals surface area contributed by atoms with Gasteiger partial charge >= 0.3 is 0 Å². The molecule has 0 aliphatic carbocycles. The van der Waals surface area contributed by atoms with E-state index < -0.39 is 37.3 Å². The zero-order chi connectivity index (χ0) is 16.6. The predicted octanol–water partition coefficient (Wildman–Crippen LogP) is 0.327. The summed E-state index contributed by atoms with van der Waals surface area (Å²) in [6.07, 6.45) is -6.35. The molecule has 1 heterocycles. The van der Waals surface area contributed by atoms with Crippen molar-refractivity contribution in [1.29, 1.82) is 0 Å². The normalized spacial score (nSPS) is 31.3. The fraction of sp³-hybridized carbons (Fsp3) is 0.412. The van der Waals surface area contributed by atoms with E-state index in [-0.39, 0.29) is 0 Å². The molecule has 2 aromatic rings. The molecule has 1 aliphatic rings. The van der Waals surface area contributed by atoms with Crippen LogP contribution in [0.2, 0.25) is 0 Å². The highest BCUT2D eigenvalue weighted by atomic mass is 16.6. The number of aryl methyl sites for hydroxylation is 1. The van der Waals surface area contributed by atoms with E-state index in [9.17, 15) is 20.4 Å². The monoisotopic (exact) mass is 320 g/mol. The second-order valence-electron chi connectivity index (χ2n) is 5.74. The Morgan fingerprint density at radius 1 is 1.04 bits per heavy atom. The first kappa shape index (κ1) is 16.2. The van der Waals surface area contributed by atoms with E-state index in [0.717, 1.165) is 16.3 Å². The van der Waals surface area contributed by atoms with Gasteiger partial charge in [-0.25, -0.2) is 0 Å². The Morgan fingerprint density at radius 2 is 1.78 bits per heavy atom. The van der Waals surface area contributed by atoms with Gasteiger partial charge in [-0.05, 0) is 17.9 Å². The summed E-state index contributed by atoms with van der Waals surface area (Å²) in [5, 5.41) is 41.2. The van der Waals surface area contributed by atoms with Crippen LogP contribution in [0.1, 0.15) is 5.56 Å². The van der Waals surface area contributed by atoms with Gasteiger partial charge in [0.05, 0.1) is 6.61 Å². The highest BCUT2D eigenvalue weighted by Gasteiger charge is 2.45. The van der Waals surface area contributed by atoms with Crippen LogP contribution in [0.5, 0.6) is 5.75 Å². The molecule has 23 heavy (non-hydrogen) atoms. The fourth-order valence-electron chi connectivity index (χ4n) is 2.85. The first-order chi connectivity index (χ1) is 11.0. The van der Waals surface area contributed by atoms with Crippen LogP contribution in [-0.2, 0) is 4.74 Å². The number of hydrogen-bond acceptors (Lipinski definition) is 6. The molecule has 0 bridgehead atoms. The molecule has 0 radical (unpaired) electrons. The van der Waals surface area contributed by atoms with Gasteiger partial charge in [0.2, 0.25) is 0 Å². The van der Waals surface area contributed by atoms with Gasteiger partial charge in [-0.1, -0.05) is 36.4 Å². The number of fused-ring (bicyclic) bond motifs is 1. The maximum Gasteiger partial charge on any atom is 0.185 e. The molecule has 4 N–H and O–H groups in total. The van der Waals surface area contributed by atoms with Gasteiger partial charge in [-0.15, -0.1) is 0 Å². The number of rotatable bonds is 3. The molecule has 0 aromatic heterocycles. The Balaban J connectivity index is 1.98. The third-order valence-corrected chi connectivity index (χ3v) is 4.17. The van der Waals surface area contributed by atoms with Crippen molar-refractivity contribution in [3.05, 3.63) is 42.0 Å². The average molecular weight is 320 g/mol. The Morgan fingerprint density at radius 3 is 2.52 bits per heavy atom. The largest absolute Gasteiger partial charge is 0.484 e. The van der Waals surface area contributed by atoms with E-state index >= 15 is 0 Å². The lowest BCUT2D eigenvalue weighted by molar-refractivity contribution is -0.281. The third-order valence-electron chi connectivity index (χ3n) is 4.17. The van der Waals surface area contributed by atoms with Crippen LogP contribution < -0.4 is 4.74 Å². The summed E-state index contributed by atoms with van der Waals surface area (Å²) in [5.41, 5.74) is 0.838. The summed E-state index contributed by atoms with van der Waals surface area (Å²) < 4.78 is 10.8. The molecule has 6 nitrogen and oxygen atoms in total. The van der Waals surface area contributed by atoms with E-state index in [1.807, 2.05) is 43.3 Å². The Labute approximate surface area is 133 Å². The highest BCUT2D eigenvalue weighted by Crippen LogP contribution is 2.33. The molecular formula is C17H20O6. The molecule has 0 saturated carbocycles. The predicted molar refractivity (Wildman–Crippen MR) is 83.1 cm³/mol. The quantitative estimate of drug-likeness (QED) is 0.650. The van der Waals surface area contributed by atoms with Crippen molar-refractivity contribution in [3.63, 3.8) is 0 Å². The van der Waals surface area contributed by atoms with Crippen LogP contribution in [0.3, 0.4) is 0 Å². The van der Waals surface area contributed by atoms with E-state index in [1.54, 1.807) is 0 Å². The van der Waals surface area contributed by atoms with Crippen molar-refractivity contribution in [2.45, 2.75) is 37.6 Å². The van der Waals surface area contributed by atoms with Crippen LogP contribution >= 0.6 is 0 Å². The van der Waals surface area contributed by atoms with E-state index in [0.29, 0.717) is 5.75 Å². The van der Waals surface area contributed by atoms with Crippen LogP contribution in [0.25, 0.3) is 10.8 Å². The first-order valence-electron chi connectivity index (χ1n) is 7.48. The van der Waals surface area contributed by atoms with Crippen molar-refractivity contribution in [2.75, 3.05) is 6.61 Å². The zero-order valence-corrected chi connectivity index (χ0v) is 12.7. The molecule has 1 saturated heterocycles. The summed E-state index contributed by atoms with van der Waals surface area (Å²) in [4.78, 5) is 0. The Kier molecular flexibility index (Phi) is 4.52. The van der Waals surface area contributed by atoms with Gasteiger partial charge < -0.3 is 29.9 Å². The minimum Gasteiger partial charge on any atom is -0.484 e. The number of aliphatic hydroxyl groups excluding tert-OH is 4. The molecule has 5 atom stereocenters. The number of benzene rings is 2. The van der Waals surface area contributed by atoms with Gasteiger partial charge in [0.1, 0.15) is 24.1 Å². The molecule has 124 valence electrons. The Hall–Kier alpha value is -1.70. The average Bonchev–Trinajstić information content (AvgIpc) is 2.56. The van der Waals surface area contributed by atoms with Gasteiger partial charge in [-0.2, -0.15) is 0 Å². The molecule has 6 heteroatoms. The van der Waals surface area contributed by atoms with Crippen molar-refractivity contribution in [1.82, 2.24) is 0 Å². The standard InChI is InChI=1S/C17H20O6/c1-9-6-7-10-4-2-3-5-11(10)15(9)23-16-13(19)12(8-18)22-17(21)14(16)20/h2-7,12-14,16-21H,8H2,1H3/t12-,13-,14-,16+,17+/m1/s1. The van der Waals surface area contributed by atoms with Crippen LogP contribution in [-0.4, -0.2) is 57.7 Å². The minimum atomic E-state index is -1.53. The van der Waals surface area contributed by atoms with E-state index in [1.165, 1.54) is 0 Å². The van der Waals surface area contributed by atoms with Crippen molar-refractivity contribution in [3.8, 4) is 5.75 Å². The topological polar surface area (TPSA) is 99.4 Å². The summed E-state index contributed by atoms with van der Waals surface area (Å²) in [5.74, 6) is 0.525. The lowest BCUT2D eigenvalue weighted by Gasteiger charge is -2.40. The van der Waals surface area contributed by atoms with Crippen LogP contribution in [0.4, 0.5) is 0 Å². The summed E-state index contributed by atoms with van der Waals surface area (Å²) in [6.45, 7) is 1.37. The lowest BCUT2D eigenvalue weighted by atomic mass is 9.98. The van der Waals surface area contributed by atoms with E-state index in [2.05, 4.69) is 0 Å². The molecule has 0 spiro atoms. The van der Waals surface area contributed by atoms with Crippen molar-refractivity contribution < 1.29 is 29.9 Å². The third kappa shape index (κ3) is 2.91. The second kappa shape index (κ2) is 6.43. The first-order valence-corrected chi connectivity index (χ1v) is 7.48. The summed E-state index contributed by atoms with van der Waals surface area (Å²) in [7, 11) is 0. The second-order valence-corrected chi connectivity index (χ2v) is 5.74. The minimum absolute atomic E-state index is 0.487. The maximum absolute atomic E-state index is 10.3. The molecule has 3 rings (SSSR count). The van der Waals surface area contributed by atoms with Gasteiger partial charge in [0.25, 0.3) is 0 Å². The SMILES string of the molecule is Cc1ccc2ccccc2c1O[C@@H]1[C@@H](O)[C@@H](O)O[C@H](CO)[C@H]1O. The fourth-order valence-corrected chi connectivity index (χ4v) is 2.85. The molecule has 0 unspecified atom stereocenters. The lowest BCUT2D eigenvalue weighted by Crippen LogP contribution is -2.60. The van der Waals surface area contributed by atoms with Gasteiger partial charge in [-0.3, -0.25) is 0 Å². The molecule has 0 amide bonds. The zero-order valence-electron chi connectivity index (χ0n) is 12.7. The number of ether oxygens (including phenoxy) is 2. The molecule has 1 fully saturated rings. The van der Waals surface area contributed by atoms with Gasteiger partial charge in [0.15, 0.2) is 12.4 Å². The van der Waals surface area contributed by atoms with Crippen molar-refractivity contribution >= 4 is 10.8 Å². The maximum atomic E-state index is 10.3. The molecular weight excluding hydrogens is 300 g/mol. The smallest absolute Gasteiger partial charge is 0.185 e. The van der Waals surface area contributed by atoms with Crippen LogP contribution in [0.15, 0.2) is 36.4 Å². The van der Waals surface area contributed by atoms with E-state index in [4.69, 9.17) is 9.47 Å². The van der Waals surface area contributed by atoms with Gasteiger partial charge in [0, 0.05) is 5.39 Å². The number of aliphatic hydroxyl groups is 4. The molecule has 1 aliphatic heterocycles. The molecule has 2 aromatic carbocycles. The summed E-state index contributed by atoms with van der Waals surface area (Å²) >= 11 is 0. The number of hydrogen-bond donors (Lipinski definition) is 4. The van der Waals surface area contributed by atoms with Crippen LogP contribution in [0, 0.1) is 6.92 Å². The Bertz CT molecular complexity index is 688. The summed E-state index contributed by atoms with van der Waals surface area (Å²) in [6, 6.07) is 11.4. The van der Waals surface area contributed by atoms with Crippen molar-refractivity contribution in [2.24, 2.45) is 0 Å².